The molecule has 4 aromatic rings. The van der Waals surface area contributed by atoms with Crippen LogP contribution < -0.4 is 10.5 Å². The van der Waals surface area contributed by atoms with Crippen molar-refractivity contribution < 1.29 is 17.9 Å². The summed E-state index contributed by atoms with van der Waals surface area (Å²) in [7, 11) is 1.82. The normalized spacial score (nSPS) is 16.4. The molecular weight excluding hydrogens is 483 g/mol. The summed E-state index contributed by atoms with van der Waals surface area (Å²) in [6.45, 7) is 2.70. The minimum Gasteiger partial charge on any atom is -0.370 e. The van der Waals surface area contributed by atoms with Crippen molar-refractivity contribution in [3.63, 3.8) is 0 Å². The number of rotatable bonds is 4. The zero-order valence-corrected chi connectivity index (χ0v) is 19.6. The van der Waals surface area contributed by atoms with Crippen molar-refractivity contribution in [3.8, 4) is 11.1 Å². The third-order valence-electron chi connectivity index (χ3n) is 6.13. The van der Waals surface area contributed by atoms with Crippen molar-refractivity contribution in [3.05, 3.63) is 80.9 Å². The maximum Gasteiger partial charge on any atom is 0.280 e. The molecule has 5 rings (SSSR count). The lowest BCUT2D eigenvalue weighted by molar-refractivity contribution is 0.0397. The molecule has 182 valence electrons. The van der Waals surface area contributed by atoms with Crippen LogP contribution in [0, 0.1) is 12.7 Å². The van der Waals surface area contributed by atoms with Crippen molar-refractivity contribution >= 4 is 22.9 Å². The molecule has 0 aliphatic carbocycles. The number of hydrogen-bond acceptors (Lipinski definition) is 5. The number of ether oxygens (including phenoxy) is 1. The average molecular weight is 504 g/mol. The lowest BCUT2D eigenvalue weighted by Gasteiger charge is -2.34. The predicted octanol–water partition coefficient (Wildman–Crippen LogP) is 4.71. The second-order valence-corrected chi connectivity index (χ2v) is 8.85. The quantitative estimate of drug-likeness (QED) is 0.403. The van der Waals surface area contributed by atoms with Gasteiger partial charge in [0.05, 0.1) is 18.5 Å². The number of nitrogens with zero attached hydrogens (tertiary/aromatic N) is 5. The number of fused-ring (bicyclic) bond motifs is 1. The van der Waals surface area contributed by atoms with Crippen LogP contribution in [0.1, 0.15) is 29.4 Å². The molecule has 1 aromatic carbocycles. The van der Waals surface area contributed by atoms with Crippen molar-refractivity contribution in [2.75, 3.05) is 24.6 Å². The van der Waals surface area contributed by atoms with Gasteiger partial charge in [-0.25, -0.2) is 18.2 Å². The Hall–Kier alpha value is -3.37. The molecule has 1 fully saturated rings. The molecule has 0 spiro atoms. The van der Waals surface area contributed by atoms with Crippen LogP contribution in [0.5, 0.6) is 0 Å². The van der Waals surface area contributed by atoms with Crippen LogP contribution >= 0.6 is 11.6 Å². The van der Waals surface area contributed by atoms with Gasteiger partial charge in [0.1, 0.15) is 23.3 Å². The number of morpholine rings is 1. The second-order valence-electron chi connectivity index (χ2n) is 8.41. The van der Waals surface area contributed by atoms with Gasteiger partial charge in [-0.05, 0) is 31.2 Å². The number of anilines is 1. The number of hydrogen-bond donors (Lipinski definition) is 0. The maximum absolute atomic E-state index is 15.0. The lowest BCUT2D eigenvalue weighted by Crippen LogP contribution is -2.38. The van der Waals surface area contributed by atoms with Crippen LogP contribution in [0.25, 0.3) is 16.8 Å². The van der Waals surface area contributed by atoms with Gasteiger partial charge in [0.15, 0.2) is 0 Å². The summed E-state index contributed by atoms with van der Waals surface area (Å²) in [5.41, 5.74) is 0.332. The third-order valence-corrected chi connectivity index (χ3v) is 6.36. The Kier molecular flexibility index (Phi) is 6.02. The Morgan fingerprint density at radius 1 is 1.20 bits per heavy atom. The van der Waals surface area contributed by atoms with Gasteiger partial charge in [-0.2, -0.15) is 5.10 Å². The van der Waals surface area contributed by atoms with Crippen molar-refractivity contribution in [1.82, 2.24) is 19.2 Å². The van der Waals surface area contributed by atoms with Gasteiger partial charge >= 0.3 is 0 Å². The number of pyridine rings is 1. The van der Waals surface area contributed by atoms with Crippen LogP contribution in [0.2, 0.25) is 5.02 Å². The van der Waals surface area contributed by atoms with E-state index in [1.807, 2.05) is 18.1 Å². The Balaban J connectivity index is 1.70. The topological polar surface area (TPSA) is 64.7 Å². The molecule has 1 atom stereocenters. The molecule has 0 saturated carbocycles. The van der Waals surface area contributed by atoms with E-state index < -0.39 is 23.5 Å². The van der Waals surface area contributed by atoms with E-state index in [0.717, 1.165) is 11.6 Å². The predicted molar refractivity (Wildman–Crippen MR) is 126 cm³/mol. The number of benzene rings is 1. The molecule has 0 radical (unpaired) electrons. The largest absolute Gasteiger partial charge is 0.370 e. The molecule has 0 unspecified atom stereocenters. The monoisotopic (exact) mass is 503 g/mol. The van der Waals surface area contributed by atoms with Crippen LogP contribution in [0.3, 0.4) is 0 Å². The van der Waals surface area contributed by atoms with E-state index in [9.17, 15) is 18.0 Å². The van der Waals surface area contributed by atoms with Crippen molar-refractivity contribution in [2.45, 2.75) is 19.5 Å². The van der Waals surface area contributed by atoms with Gasteiger partial charge in [0.25, 0.3) is 12.0 Å². The number of aryl methyl sites for hydroxylation is 1. The highest BCUT2D eigenvalue weighted by Crippen LogP contribution is 2.34. The minimum absolute atomic E-state index is 0.0575. The van der Waals surface area contributed by atoms with Gasteiger partial charge in [0, 0.05) is 59.8 Å². The van der Waals surface area contributed by atoms with Crippen molar-refractivity contribution in [1.29, 1.82) is 0 Å². The number of alkyl halides is 2. The first kappa shape index (κ1) is 23.4. The van der Waals surface area contributed by atoms with E-state index in [-0.39, 0.29) is 33.5 Å². The second kappa shape index (κ2) is 9.01. The third kappa shape index (κ3) is 4.28. The van der Waals surface area contributed by atoms with Gasteiger partial charge in [-0.1, -0.05) is 11.6 Å². The smallest absolute Gasteiger partial charge is 0.280 e. The highest BCUT2D eigenvalue weighted by molar-refractivity contribution is 6.30. The Morgan fingerprint density at radius 2 is 2.00 bits per heavy atom. The van der Waals surface area contributed by atoms with Gasteiger partial charge in [-0.15, -0.1) is 0 Å². The molecule has 11 heteroatoms. The fourth-order valence-electron chi connectivity index (χ4n) is 4.31. The minimum atomic E-state index is -2.95. The zero-order chi connectivity index (χ0) is 24.9. The first-order valence-electron chi connectivity index (χ1n) is 10.9. The zero-order valence-electron chi connectivity index (χ0n) is 18.9. The molecule has 0 amide bonds. The summed E-state index contributed by atoms with van der Waals surface area (Å²) in [5, 5.41) is 4.38. The van der Waals surface area contributed by atoms with Crippen LogP contribution in [0.15, 0.2) is 47.7 Å². The molecule has 1 aliphatic rings. The Labute approximate surface area is 203 Å². The molecule has 0 N–H and O–H groups in total. The SMILES string of the molecule is Cc1c(C(F)F)nc2c(-c3ccc(Cl)cc3F)cc(N3CCO[C@@H](c4cnn(C)c4)C3)cn2c1=O. The van der Waals surface area contributed by atoms with Crippen LogP contribution in [-0.4, -0.2) is 38.9 Å². The fourth-order valence-corrected chi connectivity index (χ4v) is 4.47. The highest BCUT2D eigenvalue weighted by Gasteiger charge is 2.26. The summed E-state index contributed by atoms with van der Waals surface area (Å²) in [6.07, 6.45) is 1.94. The van der Waals surface area contributed by atoms with Gasteiger partial charge in [0.2, 0.25) is 0 Å². The highest BCUT2D eigenvalue weighted by atomic mass is 35.5. The molecule has 35 heavy (non-hydrogen) atoms. The van der Waals surface area contributed by atoms with Crippen LogP contribution in [-0.2, 0) is 11.8 Å². The maximum atomic E-state index is 15.0. The van der Waals surface area contributed by atoms with E-state index >= 15 is 0 Å². The molecule has 7 nitrogen and oxygen atoms in total. The number of aromatic nitrogens is 4. The van der Waals surface area contributed by atoms with Crippen LogP contribution in [0.4, 0.5) is 18.9 Å². The summed E-state index contributed by atoms with van der Waals surface area (Å²) < 4.78 is 51.1. The molecule has 4 heterocycles. The summed E-state index contributed by atoms with van der Waals surface area (Å²) in [6, 6.07) is 5.73. The first-order chi connectivity index (χ1) is 16.7. The summed E-state index contributed by atoms with van der Waals surface area (Å²) >= 11 is 5.93. The molecule has 1 saturated heterocycles. The Bertz CT molecular complexity index is 1490. The van der Waals surface area contributed by atoms with E-state index in [4.69, 9.17) is 16.3 Å². The van der Waals surface area contributed by atoms with E-state index in [0.29, 0.717) is 25.4 Å². The molecule has 3 aromatic heterocycles. The standard InChI is InChI=1S/C24H21ClF3N5O2/c1-13-21(22(27)28)30-23-18(17-4-3-15(25)7-19(17)26)8-16(11-33(23)24(13)34)32-5-6-35-20(12-32)14-9-29-31(2)10-14/h3-4,7-11,20,22H,5-6,12H2,1-2H3/t20-/m1/s1. The number of halogens is 4. The molecular formula is C24H21ClF3N5O2. The molecule has 1 aliphatic heterocycles. The van der Waals surface area contributed by atoms with E-state index in [2.05, 4.69) is 10.1 Å². The summed E-state index contributed by atoms with van der Waals surface area (Å²) in [4.78, 5) is 19.2. The van der Waals surface area contributed by atoms with E-state index in [1.165, 1.54) is 23.5 Å². The fraction of sp³-hybridized carbons (Fsp3) is 0.292. The lowest BCUT2D eigenvalue weighted by atomic mass is 10.0. The Morgan fingerprint density at radius 3 is 2.69 bits per heavy atom. The molecule has 0 bridgehead atoms. The van der Waals surface area contributed by atoms with Gasteiger partial charge < -0.3 is 9.64 Å². The van der Waals surface area contributed by atoms with Crippen molar-refractivity contribution in [2.24, 2.45) is 7.05 Å². The first-order valence-corrected chi connectivity index (χ1v) is 11.3. The van der Waals surface area contributed by atoms with E-state index in [1.54, 1.807) is 23.1 Å². The summed E-state index contributed by atoms with van der Waals surface area (Å²) in [5.74, 6) is -0.653. The van der Waals surface area contributed by atoms with Gasteiger partial charge in [-0.3, -0.25) is 13.9 Å². The average Bonchev–Trinajstić information content (AvgIpc) is 3.27.